The molecule has 3 rings (SSSR count). The van der Waals surface area contributed by atoms with E-state index >= 15 is 0 Å². The van der Waals surface area contributed by atoms with Gasteiger partial charge in [-0.1, -0.05) is 43.0 Å². The minimum atomic E-state index is -3.94. The summed E-state index contributed by atoms with van der Waals surface area (Å²) in [6, 6.07) is 9.87. The van der Waals surface area contributed by atoms with Crippen LogP contribution in [0.3, 0.4) is 0 Å². The van der Waals surface area contributed by atoms with Gasteiger partial charge in [0.25, 0.3) is 15.9 Å². The molecule has 1 aliphatic rings. The van der Waals surface area contributed by atoms with Crippen LogP contribution < -0.4 is 10.0 Å². The second-order valence-electron chi connectivity index (χ2n) is 7.78. The van der Waals surface area contributed by atoms with Crippen molar-refractivity contribution >= 4 is 33.2 Å². The Morgan fingerprint density at radius 2 is 1.79 bits per heavy atom. The van der Waals surface area contributed by atoms with Gasteiger partial charge in [-0.25, -0.2) is 8.42 Å². The highest BCUT2D eigenvalue weighted by Gasteiger charge is 2.22. The number of sulfonamides is 1. The topological polar surface area (TPSA) is 75.3 Å². The van der Waals surface area contributed by atoms with Crippen molar-refractivity contribution in [3.05, 3.63) is 58.1 Å². The first-order valence-electron chi connectivity index (χ1n) is 9.94. The summed E-state index contributed by atoms with van der Waals surface area (Å²) >= 11 is 6.17. The molecule has 0 aliphatic heterocycles. The molecule has 156 valence electrons. The van der Waals surface area contributed by atoms with Gasteiger partial charge in [0.05, 0.1) is 10.7 Å². The van der Waals surface area contributed by atoms with Crippen LogP contribution in [0.25, 0.3) is 0 Å². The lowest BCUT2D eigenvalue weighted by atomic mass is 9.89. The normalized spacial score (nSPS) is 15.1. The van der Waals surface area contributed by atoms with E-state index in [0.29, 0.717) is 18.2 Å². The smallest absolute Gasteiger partial charge is 0.263 e. The molecule has 0 aromatic heterocycles. The maximum absolute atomic E-state index is 12.9. The van der Waals surface area contributed by atoms with Crippen LogP contribution in [-0.4, -0.2) is 20.9 Å². The van der Waals surface area contributed by atoms with E-state index in [1.807, 2.05) is 26.0 Å². The predicted octanol–water partition coefficient (Wildman–Crippen LogP) is 5.07. The number of carbonyl (C=O) groups is 1. The molecule has 1 fully saturated rings. The van der Waals surface area contributed by atoms with E-state index in [0.717, 1.165) is 24.0 Å². The van der Waals surface area contributed by atoms with Crippen LogP contribution in [0.4, 0.5) is 5.69 Å². The number of rotatable bonds is 6. The Bertz CT molecular complexity index is 999. The summed E-state index contributed by atoms with van der Waals surface area (Å²) in [5.74, 6) is 0.213. The Morgan fingerprint density at radius 3 is 2.52 bits per heavy atom. The first-order valence-corrected chi connectivity index (χ1v) is 11.8. The molecule has 29 heavy (non-hydrogen) atoms. The first-order chi connectivity index (χ1) is 13.8. The molecule has 1 aliphatic carbocycles. The number of aryl methyl sites for hydroxylation is 2. The Morgan fingerprint density at radius 1 is 1.07 bits per heavy atom. The molecule has 2 aromatic carbocycles. The Balaban J connectivity index is 1.78. The number of amides is 1. The van der Waals surface area contributed by atoms with Crippen LogP contribution >= 0.6 is 11.6 Å². The minimum absolute atomic E-state index is 0.0756. The van der Waals surface area contributed by atoms with E-state index in [-0.39, 0.29) is 21.4 Å². The minimum Gasteiger partial charge on any atom is -0.352 e. The van der Waals surface area contributed by atoms with Crippen LogP contribution in [0.5, 0.6) is 0 Å². The monoisotopic (exact) mass is 434 g/mol. The molecule has 2 N–H and O–H groups in total. The molecule has 0 unspecified atom stereocenters. The van der Waals surface area contributed by atoms with Gasteiger partial charge in [0.15, 0.2) is 0 Å². The average molecular weight is 435 g/mol. The molecule has 0 heterocycles. The Hall–Kier alpha value is -2.05. The highest BCUT2D eigenvalue weighted by Crippen LogP contribution is 2.27. The highest BCUT2D eigenvalue weighted by atomic mass is 35.5. The van der Waals surface area contributed by atoms with Crippen molar-refractivity contribution in [3.8, 4) is 0 Å². The van der Waals surface area contributed by atoms with Crippen molar-refractivity contribution in [2.24, 2.45) is 5.92 Å². The van der Waals surface area contributed by atoms with Crippen LogP contribution in [0, 0.1) is 19.8 Å². The third-order valence-electron chi connectivity index (χ3n) is 5.40. The molecule has 0 saturated heterocycles. The molecule has 1 amide bonds. The largest absolute Gasteiger partial charge is 0.352 e. The fourth-order valence-electron chi connectivity index (χ4n) is 3.63. The quantitative estimate of drug-likeness (QED) is 0.666. The van der Waals surface area contributed by atoms with Gasteiger partial charge in [0.2, 0.25) is 0 Å². The van der Waals surface area contributed by atoms with Gasteiger partial charge in [-0.3, -0.25) is 9.52 Å². The summed E-state index contributed by atoms with van der Waals surface area (Å²) in [7, 11) is -3.94. The van der Waals surface area contributed by atoms with Gasteiger partial charge in [-0.2, -0.15) is 0 Å². The van der Waals surface area contributed by atoms with Crippen molar-refractivity contribution in [2.45, 2.75) is 50.8 Å². The molecular formula is C22H27ClN2O3S. The summed E-state index contributed by atoms with van der Waals surface area (Å²) in [5.41, 5.74) is 2.52. The number of hydrogen-bond donors (Lipinski definition) is 2. The van der Waals surface area contributed by atoms with E-state index in [9.17, 15) is 13.2 Å². The highest BCUT2D eigenvalue weighted by molar-refractivity contribution is 7.92. The van der Waals surface area contributed by atoms with Crippen molar-refractivity contribution in [2.75, 3.05) is 11.3 Å². The van der Waals surface area contributed by atoms with Gasteiger partial charge in [-0.05, 0) is 68.0 Å². The third kappa shape index (κ3) is 5.52. The standard InChI is InChI=1S/C22H27ClN2O3S/c1-15-8-9-16(2)20(12-15)25-29(27,28)21-13-18(10-11-19(21)23)22(26)24-14-17-6-4-3-5-7-17/h8-13,17,25H,3-7,14H2,1-2H3,(H,24,26). The Kier molecular flexibility index (Phi) is 6.85. The van der Waals surface area contributed by atoms with Crippen molar-refractivity contribution < 1.29 is 13.2 Å². The zero-order valence-electron chi connectivity index (χ0n) is 16.8. The summed E-state index contributed by atoms with van der Waals surface area (Å²) in [6.07, 6.45) is 5.92. The second-order valence-corrected chi connectivity index (χ2v) is 9.84. The Labute approximate surface area is 177 Å². The van der Waals surface area contributed by atoms with Crippen LogP contribution in [0.15, 0.2) is 41.3 Å². The van der Waals surface area contributed by atoms with Crippen molar-refractivity contribution in [3.63, 3.8) is 0 Å². The van der Waals surface area contributed by atoms with E-state index in [1.54, 1.807) is 12.1 Å². The summed E-state index contributed by atoms with van der Waals surface area (Å²) in [6.45, 7) is 4.33. The van der Waals surface area contributed by atoms with Gasteiger partial charge >= 0.3 is 0 Å². The average Bonchev–Trinajstić information content (AvgIpc) is 2.69. The fraction of sp³-hybridized carbons (Fsp3) is 0.409. The lowest BCUT2D eigenvalue weighted by Gasteiger charge is -2.21. The predicted molar refractivity (Wildman–Crippen MR) is 117 cm³/mol. The molecule has 0 radical (unpaired) electrons. The van der Waals surface area contributed by atoms with Crippen molar-refractivity contribution in [1.29, 1.82) is 0 Å². The van der Waals surface area contributed by atoms with Crippen LogP contribution in [0.2, 0.25) is 5.02 Å². The summed E-state index contributed by atoms with van der Waals surface area (Å²) in [5, 5.41) is 3.01. The van der Waals surface area contributed by atoms with E-state index in [4.69, 9.17) is 11.6 Å². The number of halogens is 1. The lowest BCUT2D eigenvalue weighted by Crippen LogP contribution is -2.30. The van der Waals surface area contributed by atoms with E-state index in [2.05, 4.69) is 10.0 Å². The molecule has 0 atom stereocenters. The van der Waals surface area contributed by atoms with Crippen LogP contribution in [-0.2, 0) is 10.0 Å². The molecule has 0 bridgehead atoms. The summed E-state index contributed by atoms with van der Waals surface area (Å²) < 4.78 is 28.5. The number of hydrogen-bond acceptors (Lipinski definition) is 3. The van der Waals surface area contributed by atoms with Gasteiger partial charge < -0.3 is 5.32 Å². The third-order valence-corrected chi connectivity index (χ3v) is 7.24. The number of nitrogens with one attached hydrogen (secondary N) is 2. The van der Waals surface area contributed by atoms with Crippen LogP contribution in [0.1, 0.15) is 53.6 Å². The maximum Gasteiger partial charge on any atom is 0.263 e. The molecule has 0 spiro atoms. The molecular weight excluding hydrogens is 408 g/mol. The fourth-order valence-corrected chi connectivity index (χ4v) is 5.27. The van der Waals surface area contributed by atoms with Gasteiger partial charge in [0, 0.05) is 12.1 Å². The summed E-state index contributed by atoms with van der Waals surface area (Å²) in [4.78, 5) is 12.5. The molecule has 7 heteroatoms. The van der Waals surface area contributed by atoms with Crippen molar-refractivity contribution in [1.82, 2.24) is 5.32 Å². The van der Waals surface area contributed by atoms with E-state index in [1.165, 1.54) is 31.4 Å². The number of carbonyl (C=O) groups excluding carboxylic acids is 1. The van der Waals surface area contributed by atoms with Gasteiger partial charge in [-0.15, -0.1) is 0 Å². The van der Waals surface area contributed by atoms with E-state index < -0.39 is 10.0 Å². The molecule has 5 nitrogen and oxygen atoms in total. The lowest BCUT2D eigenvalue weighted by molar-refractivity contribution is 0.0943. The SMILES string of the molecule is Cc1ccc(C)c(NS(=O)(=O)c2cc(C(=O)NCC3CCCCC3)ccc2Cl)c1. The molecule has 2 aromatic rings. The maximum atomic E-state index is 12.9. The zero-order chi connectivity index (χ0) is 21.0. The molecule has 1 saturated carbocycles. The zero-order valence-corrected chi connectivity index (χ0v) is 18.4. The number of anilines is 1. The second kappa shape index (κ2) is 9.18. The number of benzene rings is 2. The first kappa shape index (κ1) is 21.7. The van der Waals surface area contributed by atoms with Gasteiger partial charge in [0.1, 0.15) is 4.90 Å².